The van der Waals surface area contributed by atoms with Crippen molar-refractivity contribution in [3.8, 4) is 5.75 Å². The van der Waals surface area contributed by atoms with E-state index in [4.69, 9.17) is 4.74 Å². The summed E-state index contributed by atoms with van der Waals surface area (Å²) < 4.78 is 71.2. The molecule has 2 aromatic carbocycles. The van der Waals surface area contributed by atoms with Crippen LogP contribution in [0.1, 0.15) is 52.4 Å². The summed E-state index contributed by atoms with van der Waals surface area (Å²) in [5, 5.41) is 2.55. The van der Waals surface area contributed by atoms with E-state index >= 15 is 0 Å². The van der Waals surface area contributed by atoms with Gasteiger partial charge in [0.2, 0.25) is 0 Å². The van der Waals surface area contributed by atoms with Gasteiger partial charge in [-0.3, -0.25) is 9.59 Å². The lowest BCUT2D eigenvalue weighted by molar-refractivity contribution is -0.140. The predicted molar refractivity (Wildman–Crippen MR) is 113 cm³/mol. The van der Waals surface area contributed by atoms with Crippen molar-refractivity contribution in [2.24, 2.45) is 0 Å². The maximum atomic E-state index is 14.0. The molecule has 0 fully saturated rings. The number of aromatic amines is 1. The van der Waals surface area contributed by atoms with Gasteiger partial charge in [-0.15, -0.1) is 0 Å². The van der Waals surface area contributed by atoms with Crippen molar-refractivity contribution < 1.29 is 31.5 Å². The smallest absolute Gasteiger partial charge is 0.419 e. The largest absolute Gasteiger partial charge is 0.494 e. The zero-order valence-electron chi connectivity index (χ0n) is 18.1. The van der Waals surface area contributed by atoms with Gasteiger partial charge in [0.25, 0.3) is 11.5 Å². The van der Waals surface area contributed by atoms with Gasteiger partial charge in [-0.05, 0) is 41.8 Å². The number of hydrogen-bond acceptors (Lipinski definition) is 4. The van der Waals surface area contributed by atoms with E-state index in [1.807, 2.05) is 0 Å². The van der Waals surface area contributed by atoms with E-state index in [1.54, 1.807) is 13.0 Å². The van der Waals surface area contributed by atoms with E-state index in [9.17, 15) is 31.5 Å². The van der Waals surface area contributed by atoms with Gasteiger partial charge >= 0.3 is 6.18 Å². The third-order valence-corrected chi connectivity index (χ3v) is 5.03. The van der Waals surface area contributed by atoms with E-state index in [2.05, 4.69) is 15.3 Å². The van der Waals surface area contributed by atoms with Gasteiger partial charge in [0.15, 0.2) is 11.6 Å². The summed E-state index contributed by atoms with van der Waals surface area (Å²) in [7, 11) is 1.32. The Morgan fingerprint density at radius 3 is 2.44 bits per heavy atom. The number of alkyl halides is 3. The van der Waals surface area contributed by atoms with Crippen LogP contribution in [0.3, 0.4) is 0 Å². The number of H-pyrrole nitrogens is 1. The Morgan fingerprint density at radius 1 is 1.12 bits per heavy atom. The normalized spacial score (nSPS) is 12.3. The van der Waals surface area contributed by atoms with E-state index in [-0.39, 0.29) is 35.7 Å². The predicted octanol–water partition coefficient (Wildman–Crippen LogP) is 4.55. The number of amides is 1. The molecule has 34 heavy (non-hydrogen) atoms. The lowest BCUT2D eigenvalue weighted by Gasteiger charge is -2.18. The summed E-state index contributed by atoms with van der Waals surface area (Å²) in [6.07, 6.45) is -4.60. The summed E-state index contributed by atoms with van der Waals surface area (Å²) in [6.45, 7) is 1.65. The Labute approximate surface area is 190 Å². The van der Waals surface area contributed by atoms with Gasteiger partial charge in [0, 0.05) is 12.5 Å². The highest BCUT2D eigenvalue weighted by atomic mass is 19.4. The van der Waals surface area contributed by atoms with Crippen LogP contribution >= 0.6 is 0 Å². The van der Waals surface area contributed by atoms with E-state index in [1.165, 1.54) is 19.2 Å². The van der Waals surface area contributed by atoms with Crippen molar-refractivity contribution in [3.63, 3.8) is 0 Å². The van der Waals surface area contributed by atoms with Crippen LogP contribution < -0.4 is 15.6 Å². The molecule has 0 bridgehead atoms. The average molecular weight is 481 g/mol. The van der Waals surface area contributed by atoms with Crippen molar-refractivity contribution in [2.45, 2.75) is 32.0 Å². The molecule has 0 unspecified atom stereocenters. The molecule has 6 nitrogen and oxygen atoms in total. The number of hydrogen-bond donors (Lipinski definition) is 2. The third kappa shape index (κ3) is 5.77. The van der Waals surface area contributed by atoms with Crippen molar-refractivity contribution in [1.82, 2.24) is 15.3 Å². The topological polar surface area (TPSA) is 84.1 Å². The van der Waals surface area contributed by atoms with Gasteiger partial charge < -0.3 is 15.0 Å². The van der Waals surface area contributed by atoms with Gasteiger partial charge in [-0.25, -0.2) is 13.8 Å². The van der Waals surface area contributed by atoms with E-state index < -0.39 is 40.9 Å². The standard InChI is InChI=1S/C23H20F5N3O3/c1-3-17(13-5-6-14(15(24)10-13)23(26,27)28)30-22(33)18-11-21(32)31-20(29-18)9-12-4-7-19(34-2)16(25)8-12/h4-8,10-11,17H,3,9H2,1-2H3,(H,30,33)(H,29,31,32)/t17-/m1/s1. The van der Waals surface area contributed by atoms with Crippen LogP contribution in [0.5, 0.6) is 5.75 Å². The first-order valence-electron chi connectivity index (χ1n) is 10.1. The Bertz CT molecular complexity index is 1260. The molecule has 2 N–H and O–H groups in total. The summed E-state index contributed by atoms with van der Waals surface area (Å²) in [5.74, 6) is -2.70. The van der Waals surface area contributed by atoms with Crippen LogP contribution in [0.25, 0.3) is 0 Å². The van der Waals surface area contributed by atoms with Crippen LogP contribution in [-0.4, -0.2) is 23.0 Å². The second kappa shape index (κ2) is 10.0. The zero-order chi connectivity index (χ0) is 25.0. The minimum absolute atomic E-state index is 0.0125. The lowest BCUT2D eigenvalue weighted by atomic mass is 10.0. The van der Waals surface area contributed by atoms with Gasteiger partial charge in [-0.1, -0.05) is 19.1 Å². The van der Waals surface area contributed by atoms with Crippen LogP contribution in [0.15, 0.2) is 47.3 Å². The average Bonchev–Trinajstić information content (AvgIpc) is 2.76. The molecule has 11 heteroatoms. The van der Waals surface area contributed by atoms with Crippen molar-refractivity contribution in [1.29, 1.82) is 0 Å². The molecule has 180 valence electrons. The lowest BCUT2D eigenvalue weighted by Crippen LogP contribution is -2.30. The van der Waals surface area contributed by atoms with Crippen LogP contribution in [0.2, 0.25) is 0 Å². The fourth-order valence-electron chi connectivity index (χ4n) is 3.35. The van der Waals surface area contributed by atoms with Gasteiger partial charge in [-0.2, -0.15) is 13.2 Å². The highest BCUT2D eigenvalue weighted by Gasteiger charge is 2.34. The van der Waals surface area contributed by atoms with Crippen LogP contribution in [0.4, 0.5) is 22.0 Å². The molecule has 0 aliphatic carbocycles. The first-order chi connectivity index (χ1) is 16.0. The highest BCUT2D eigenvalue weighted by Crippen LogP contribution is 2.32. The van der Waals surface area contributed by atoms with Crippen molar-refractivity contribution in [2.75, 3.05) is 7.11 Å². The second-order valence-electron chi connectivity index (χ2n) is 7.39. The fourth-order valence-corrected chi connectivity index (χ4v) is 3.35. The Balaban J connectivity index is 1.81. The number of rotatable bonds is 7. The van der Waals surface area contributed by atoms with Crippen LogP contribution in [0, 0.1) is 11.6 Å². The number of nitrogens with one attached hydrogen (secondary N) is 2. The molecule has 0 spiro atoms. The van der Waals surface area contributed by atoms with E-state index in [0.29, 0.717) is 17.7 Å². The monoisotopic (exact) mass is 481 g/mol. The summed E-state index contributed by atoms with van der Waals surface area (Å²) in [4.78, 5) is 31.3. The molecule has 1 amide bonds. The fraction of sp³-hybridized carbons (Fsp3) is 0.261. The summed E-state index contributed by atoms with van der Waals surface area (Å²) in [5.41, 5.74) is -1.70. The minimum atomic E-state index is -4.84. The zero-order valence-corrected chi connectivity index (χ0v) is 18.1. The SMILES string of the molecule is CC[C@@H](NC(=O)c1cc(=O)[nH]c(Cc2ccc(OC)c(F)c2)n1)c1ccc(C(F)(F)F)c(F)c1. The minimum Gasteiger partial charge on any atom is -0.494 e. The van der Waals surface area contributed by atoms with Gasteiger partial charge in [0.1, 0.15) is 17.3 Å². The number of halogens is 5. The molecule has 0 aliphatic heterocycles. The summed E-state index contributed by atoms with van der Waals surface area (Å²) in [6, 6.07) is 6.71. The number of aromatic nitrogens is 2. The first kappa shape index (κ1) is 24.9. The molecular weight excluding hydrogens is 461 g/mol. The summed E-state index contributed by atoms with van der Waals surface area (Å²) >= 11 is 0. The van der Waals surface area contributed by atoms with Crippen LogP contribution in [-0.2, 0) is 12.6 Å². The molecule has 0 radical (unpaired) electrons. The molecule has 1 atom stereocenters. The molecule has 0 aliphatic rings. The maximum Gasteiger partial charge on any atom is 0.419 e. The maximum absolute atomic E-state index is 14.0. The molecule has 3 rings (SSSR count). The number of nitrogens with zero attached hydrogens (tertiary/aromatic N) is 1. The first-order valence-corrected chi connectivity index (χ1v) is 10.1. The molecular formula is C23H20F5N3O3. The van der Waals surface area contributed by atoms with Crippen molar-refractivity contribution >= 4 is 5.91 Å². The molecule has 3 aromatic rings. The number of carbonyl (C=O) groups is 1. The van der Waals surface area contributed by atoms with Gasteiger partial charge in [0.05, 0.1) is 18.7 Å². The van der Waals surface area contributed by atoms with E-state index in [0.717, 1.165) is 12.1 Å². The number of methoxy groups -OCH3 is 1. The number of carbonyl (C=O) groups excluding carboxylic acids is 1. The van der Waals surface area contributed by atoms with Crippen molar-refractivity contribution in [3.05, 3.63) is 92.7 Å². The molecule has 0 saturated carbocycles. The third-order valence-electron chi connectivity index (χ3n) is 5.03. The second-order valence-corrected chi connectivity index (χ2v) is 7.39. The molecule has 1 aromatic heterocycles. The Morgan fingerprint density at radius 2 is 1.85 bits per heavy atom. The quantitative estimate of drug-likeness (QED) is 0.485. The number of benzene rings is 2. The molecule has 1 heterocycles. The molecule has 0 saturated heterocycles. The number of ether oxygens (including phenoxy) is 1. The Kier molecular flexibility index (Phi) is 7.33. The highest BCUT2D eigenvalue weighted by molar-refractivity contribution is 5.92. The Hall–Kier alpha value is -3.76.